The highest BCUT2D eigenvalue weighted by molar-refractivity contribution is 7.80. The molecule has 0 amide bonds. The molecule has 0 bridgehead atoms. The first-order valence-electron chi connectivity index (χ1n) is 9.24. The molecular formula is C24H26N2S. The second kappa shape index (κ2) is 8.83. The number of anilines is 1. The van der Waals surface area contributed by atoms with E-state index >= 15 is 0 Å². The molecule has 3 aromatic carbocycles. The van der Waals surface area contributed by atoms with Crippen LogP contribution in [0.25, 0.3) is 0 Å². The third-order valence-corrected chi connectivity index (χ3v) is 4.98. The molecule has 0 fully saturated rings. The van der Waals surface area contributed by atoms with Crippen LogP contribution in [0.15, 0.2) is 72.8 Å². The van der Waals surface area contributed by atoms with E-state index in [4.69, 9.17) is 12.2 Å². The summed E-state index contributed by atoms with van der Waals surface area (Å²) < 4.78 is 0. The molecule has 0 aromatic heterocycles. The number of hydrogen-bond donors (Lipinski definition) is 1. The van der Waals surface area contributed by atoms with E-state index < -0.39 is 0 Å². The van der Waals surface area contributed by atoms with Crippen molar-refractivity contribution in [3.8, 4) is 0 Å². The Labute approximate surface area is 167 Å². The van der Waals surface area contributed by atoms with Gasteiger partial charge in [0.2, 0.25) is 0 Å². The lowest BCUT2D eigenvalue weighted by Gasteiger charge is -2.27. The fourth-order valence-electron chi connectivity index (χ4n) is 3.07. The van der Waals surface area contributed by atoms with Crippen molar-refractivity contribution in [3.05, 3.63) is 101 Å². The number of nitrogens with one attached hydrogen (secondary N) is 1. The largest absolute Gasteiger partial charge is 0.340 e. The number of aryl methyl sites for hydroxylation is 3. The van der Waals surface area contributed by atoms with E-state index in [0.29, 0.717) is 0 Å². The van der Waals surface area contributed by atoms with Crippen molar-refractivity contribution in [2.45, 2.75) is 33.9 Å². The zero-order chi connectivity index (χ0) is 19.2. The molecule has 0 radical (unpaired) electrons. The molecule has 3 heteroatoms. The predicted octanol–water partition coefficient (Wildman–Crippen LogP) is 6.01. The minimum absolute atomic E-state index is 0.742. The lowest BCUT2D eigenvalue weighted by Crippen LogP contribution is -2.34. The summed E-state index contributed by atoms with van der Waals surface area (Å²) >= 11 is 5.79. The van der Waals surface area contributed by atoms with Crippen LogP contribution in [0, 0.1) is 20.8 Å². The average Bonchev–Trinajstić information content (AvgIpc) is 2.66. The Morgan fingerprint density at radius 1 is 0.778 bits per heavy atom. The van der Waals surface area contributed by atoms with Crippen LogP contribution >= 0.6 is 12.2 Å². The summed E-state index contributed by atoms with van der Waals surface area (Å²) in [4.78, 5) is 2.22. The van der Waals surface area contributed by atoms with Gasteiger partial charge in [-0.15, -0.1) is 0 Å². The van der Waals surface area contributed by atoms with E-state index in [2.05, 4.69) is 97.7 Å². The van der Waals surface area contributed by atoms with E-state index in [-0.39, 0.29) is 0 Å². The summed E-state index contributed by atoms with van der Waals surface area (Å²) in [6.07, 6.45) is 0. The predicted molar refractivity (Wildman–Crippen MR) is 119 cm³/mol. The van der Waals surface area contributed by atoms with Crippen molar-refractivity contribution in [2.75, 3.05) is 5.32 Å². The molecule has 0 saturated carbocycles. The normalized spacial score (nSPS) is 10.5. The second-order valence-corrected chi connectivity index (χ2v) is 7.46. The Morgan fingerprint density at radius 2 is 1.37 bits per heavy atom. The monoisotopic (exact) mass is 374 g/mol. The number of hydrogen-bond acceptors (Lipinski definition) is 1. The van der Waals surface area contributed by atoms with Crippen molar-refractivity contribution >= 4 is 23.0 Å². The van der Waals surface area contributed by atoms with Crippen molar-refractivity contribution in [1.29, 1.82) is 0 Å². The molecule has 0 unspecified atom stereocenters. The fourth-order valence-corrected chi connectivity index (χ4v) is 3.30. The molecule has 0 aliphatic carbocycles. The summed E-state index contributed by atoms with van der Waals surface area (Å²) in [5, 5.41) is 4.19. The Hall–Kier alpha value is -2.65. The number of nitrogens with zero attached hydrogens (tertiary/aromatic N) is 1. The van der Waals surface area contributed by atoms with Gasteiger partial charge in [0.05, 0.1) is 0 Å². The minimum atomic E-state index is 0.742. The van der Waals surface area contributed by atoms with Crippen LogP contribution in [-0.4, -0.2) is 10.0 Å². The van der Waals surface area contributed by atoms with Crippen molar-refractivity contribution in [3.63, 3.8) is 0 Å². The Bertz CT molecular complexity index is 901. The topological polar surface area (TPSA) is 15.3 Å². The first-order valence-corrected chi connectivity index (χ1v) is 9.65. The summed E-state index contributed by atoms with van der Waals surface area (Å²) in [7, 11) is 0. The average molecular weight is 375 g/mol. The van der Waals surface area contributed by atoms with Crippen LogP contribution in [0.2, 0.25) is 0 Å². The Balaban J connectivity index is 1.81. The highest BCUT2D eigenvalue weighted by Crippen LogP contribution is 2.18. The molecule has 27 heavy (non-hydrogen) atoms. The summed E-state index contributed by atoms with van der Waals surface area (Å²) in [6, 6.07) is 25.5. The van der Waals surface area contributed by atoms with E-state index in [1.165, 1.54) is 27.8 Å². The van der Waals surface area contributed by atoms with Gasteiger partial charge >= 0.3 is 0 Å². The van der Waals surface area contributed by atoms with E-state index in [1.54, 1.807) is 0 Å². The molecule has 3 aromatic rings. The minimum Gasteiger partial charge on any atom is -0.340 e. The highest BCUT2D eigenvalue weighted by Gasteiger charge is 2.12. The molecule has 0 atom stereocenters. The smallest absolute Gasteiger partial charge is 0.174 e. The maximum atomic E-state index is 5.79. The van der Waals surface area contributed by atoms with Crippen LogP contribution in [0.3, 0.4) is 0 Å². The molecule has 0 aliphatic heterocycles. The van der Waals surface area contributed by atoms with Gasteiger partial charge in [-0.25, -0.2) is 0 Å². The van der Waals surface area contributed by atoms with Crippen molar-refractivity contribution in [2.24, 2.45) is 0 Å². The van der Waals surface area contributed by atoms with Gasteiger partial charge in [0.25, 0.3) is 0 Å². The number of thiocarbonyl (C=S) groups is 1. The lowest BCUT2D eigenvalue weighted by atomic mass is 10.1. The Morgan fingerprint density at radius 3 is 2.00 bits per heavy atom. The molecule has 0 spiro atoms. The van der Waals surface area contributed by atoms with Gasteiger partial charge in [0.15, 0.2) is 5.11 Å². The molecule has 3 rings (SSSR count). The third-order valence-electron chi connectivity index (χ3n) is 4.62. The van der Waals surface area contributed by atoms with E-state index in [0.717, 1.165) is 23.9 Å². The second-order valence-electron chi connectivity index (χ2n) is 7.08. The molecular weight excluding hydrogens is 348 g/mol. The Kier molecular flexibility index (Phi) is 6.25. The first-order chi connectivity index (χ1) is 13.0. The van der Waals surface area contributed by atoms with Crippen LogP contribution in [0.4, 0.5) is 5.69 Å². The van der Waals surface area contributed by atoms with Gasteiger partial charge in [-0.3, -0.25) is 0 Å². The molecule has 138 valence electrons. The summed E-state index contributed by atoms with van der Waals surface area (Å²) in [5.41, 5.74) is 7.28. The lowest BCUT2D eigenvalue weighted by molar-refractivity contribution is 0.413. The zero-order valence-corrected chi connectivity index (χ0v) is 17.0. The van der Waals surface area contributed by atoms with Gasteiger partial charge < -0.3 is 10.2 Å². The fraction of sp³-hybridized carbons (Fsp3) is 0.208. The third kappa shape index (κ3) is 5.41. The van der Waals surface area contributed by atoms with Gasteiger partial charge in [-0.1, -0.05) is 77.9 Å². The SMILES string of the molecule is Cc1ccc(CN(Cc2ccccc2)C(=S)Nc2ccc(C)cc2C)cc1. The quantitative estimate of drug-likeness (QED) is 0.551. The molecule has 2 nitrogen and oxygen atoms in total. The molecule has 0 heterocycles. The van der Waals surface area contributed by atoms with Crippen molar-refractivity contribution < 1.29 is 0 Å². The van der Waals surface area contributed by atoms with Crippen LogP contribution < -0.4 is 5.32 Å². The number of rotatable bonds is 5. The van der Waals surface area contributed by atoms with Gasteiger partial charge in [0.1, 0.15) is 0 Å². The first kappa shape index (κ1) is 19.1. The van der Waals surface area contributed by atoms with Crippen LogP contribution in [0.5, 0.6) is 0 Å². The number of benzene rings is 3. The molecule has 0 aliphatic rings. The standard InChI is InChI=1S/C24H26N2S/c1-18-9-12-22(13-10-18)17-26(16-21-7-5-4-6-8-21)24(27)25-23-14-11-19(2)15-20(23)3/h4-15H,16-17H2,1-3H3,(H,25,27). The maximum Gasteiger partial charge on any atom is 0.174 e. The highest BCUT2D eigenvalue weighted by atomic mass is 32.1. The molecule has 0 saturated heterocycles. The van der Waals surface area contributed by atoms with Crippen molar-refractivity contribution in [1.82, 2.24) is 4.90 Å². The van der Waals surface area contributed by atoms with Gasteiger partial charge in [0, 0.05) is 18.8 Å². The summed E-state index contributed by atoms with van der Waals surface area (Å²) in [6.45, 7) is 7.86. The van der Waals surface area contributed by atoms with Gasteiger partial charge in [-0.2, -0.15) is 0 Å². The zero-order valence-electron chi connectivity index (χ0n) is 16.2. The maximum absolute atomic E-state index is 5.79. The van der Waals surface area contributed by atoms with Crippen LogP contribution in [-0.2, 0) is 13.1 Å². The van der Waals surface area contributed by atoms with E-state index in [9.17, 15) is 0 Å². The van der Waals surface area contributed by atoms with Crippen LogP contribution in [0.1, 0.15) is 27.8 Å². The van der Waals surface area contributed by atoms with E-state index in [1.807, 2.05) is 6.07 Å². The summed E-state index contributed by atoms with van der Waals surface area (Å²) in [5.74, 6) is 0. The molecule has 1 N–H and O–H groups in total. The van der Waals surface area contributed by atoms with Gasteiger partial charge in [-0.05, 0) is 55.7 Å².